The molecule has 0 aliphatic carbocycles. The molecule has 21 heavy (non-hydrogen) atoms. The topological polar surface area (TPSA) is 64.3 Å². The highest BCUT2D eigenvalue weighted by molar-refractivity contribution is 5.97. The van der Waals surface area contributed by atoms with Crippen LogP contribution in [0, 0.1) is 11.8 Å². The second kappa shape index (κ2) is 7.82. The van der Waals surface area contributed by atoms with Crippen molar-refractivity contribution in [3.63, 3.8) is 0 Å². The largest absolute Gasteiger partial charge is 0.369 e. The molecule has 0 aromatic heterocycles. The van der Waals surface area contributed by atoms with Crippen molar-refractivity contribution in [2.45, 2.75) is 39.2 Å². The van der Waals surface area contributed by atoms with Crippen molar-refractivity contribution in [2.24, 2.45) is 5.73 Å². The summed E-state index contributed by atoms with van der Waals surface area (Å²) in [5.41, 5.74) is 7.31. The van der Waals surface area contributed by atoms with Gasteiger partial charge in [0.15, 0.2) is 0 Å². The molecule has 1 rings (SSSR count). The van der Waals surface area contributed by atoms with E-state index in [1.807, 2.05) is 32.0 Å². The summed E-state index contributed by atoms with van der Waals surface area (Å²) in [6.07, 6.45) is 1.42. The molecular formula is C17H24N2O2. The minimum absolute atomic E-state index is 0.136. The van der Waals surface area contributed by atoms with Crippen LogP contribution in [0.4, 0.5) is 5.69 Å². The summed E-state index contributed by atoms with van der Waals surface area (Å²) < 4.78 is 5.32. The first-order chi connectivity index (χ1) is 10.0. The van der Waals surface area contributed by atoms with Crippen LogP contribution in [0.3, 0.4) is 0 Å². The van der Waals surface area contributed by atoms with Gasteiger partial charge in [0.05, 0.1) is 6.54 Å². The second-order valence-corrected chi connectivity index (χ2v) is 4.97. The number of benzene rings is 1. The Morgan fingerprint density at radius 3 is 2.67 bits per heavy atom. The van der Waals surface area contributed by atoms with E-state index in [2.05, 4.69) is 17.2 Å². The van der Waals surface area contributed by atoms with E-state index in [0.29, 0.717) is 13.0 Å². The van der Waals surface area contributed by atoms with E-state index in [1.165, 1.54) is 0 Å². The van der Waals surface area contributed by atoms with Gasteiger partial charge in [-0.05, 0) is 43.5 Å². The summed E-state index contributed by atoms with van der Waals surface area (Å²) in [6, 6.07) is 5.74. The number of nitrogens with two attached hydrogens (primary N) is 1. The monoisotopic (exact) mass is 288 g/mol. The van der Waals surface area contributed by atoms with Gasteiger partial charge in [0.1, 0.15) is 5.60 Å². The predicted molar refractivity (Wildman–Crippen MR) is 86.1 cm³/mol. The van der Waals surface area contributed by atoms with Gasteiger partial charge in [0, 0.05) is 18.4 Å². The number of rotatable bonds is 5. The first kappa shape index (κ1) is 17.2. The van der Waals surface area contributed by atoms with E-state index < -0.39 is 5.60 Å². The maximum Gasteiger partial charge on any atom is 0.256 e. The first-order valence-electron chi connectivity index (χ1n) is 7.19. The third-order valence-corrected chi connectivity index (χ3v) is 3.67. The number of aryl methyl sites for hydroxylation is 1. The molecule has 0 saturated heterocycles. The third-order valence-electron chi connectivity index (χ3n) is 3.67. The van der Waals surface area contributed by atoms with Crippen LogP contribution in [0.25, 0.3) is 0 Å². The van der Waals surface area contributed by atoms with Crippen LogP contribution in [0.2, 0.25) is 0 Å². The Morgan fingerprint density at radius 1 is 1.43 bits per heavy atom. The highest BCUT2D eigenvalue weighted by Crippen LogP contribution is 2.22. The van der Waals surface area contributed by atoms with E-state index in [1.54, 1.807) is 14.0 Å². The molecule has 1 unspecified atom stereocenters. The molecule has 0 spiro atoms. The SMILES string of the molecule is CCc1cc(C#CCN)ccc1NC(=O)C(C)(CC)OC. The van der Waals surface area contributed by atoms with Crippen molar-refractivity contribution in [1.29, 1.82) is 0 Å². The molecule has 1 atom stereocenters. The van der Waals surface area contributed by atoms with Crippen LogP contribution >= 0.6 is 0 Å². The number of carbonyl (C=O) groups is 1. The molecule has 1 amide bonds. The lowest BCUT2D eigenvalue weighted by molar-refractivity contribution is -0.136. The molecule has 0 saturated carbocycles. The van der Waals surface area contributed by atoms with E-state index in [4.69, 9.17) is 10.5 Å². The van der Waals surface area contributed by atoms with Crippen molar-refractivity contribution < 1.29 is 9.53 Å². The fraction of sp³-hybridized carbons (Fsp3) is 0.471. The Labute approximate surface area is 127 Å². The summed E-state index contributed by atoms with van der Waals surface area (Å²) in [5, 5.41) is 2.95. The zero-order valence-electron chi connectivity index (χ0n) is 13.2. The Hall–Kier alpha value is -1.83. The first-order valence-corrected chi connectivity index (χ1v) is 7.19. The summed E-state index contributed by atoms with van der Waals surface area (Å²) in [7, 11) is 1.55. The van der Waals surface area contributed by atoms with Crippen LogP contribution in [-0.4, -0.2) is 25.2 Å². The Bertz CT molecular complexity index is 552. The molecule has 4 nitrogen and oxygen atoms in total. The van der Waals surface area contributed by atoms with Crippen LogP contribution < -0.4 is 11.1 Å². The van der Waals surface area contributed by atoms with Gasteiger partial charge in [-0.15, -0.1) is 0 Å². The van der Waals surface area contributed by atoms with Crippen LogP contribution in [0.15, 0.2) is 18.2 Å². The Kier molecular flexibility index (Phi) is 6.41. The highest BCUT2D eigenvalue weighted by Gasteiger charge is 2.31. The van der Waals surface area contributed by atoms with Crippen LogP contribution in [0.5, 0.6) is 0 Å². The molecule has 0 fully saturated rings. The summed E-state index contributed by atoms with van der Waals surface area (Å²) in [4.78, 5) is 12.3. The molecule has 0 aliphatic rings. The van der Waals surface area contributed by atoms with Gasteiger partial charge in [-0.25, -0.2) is 0 Å². The van der Waals surface area contributed by atoms with Gasteiger partial charge < -0.3 is 15.8 Å². The van der Waals surface area contributed by atoms with Crippen molar-refractivity contribution in [3.8, 4) is 11.8 Å². The molecule has 114 valence electrons. The van der Waals surface area contributed by atoms with E-state index in [-0.39, 0.29) is 5.91 Å². The average molecular weight is 288 g/mol. The molecule has 3 N–H and O–H groups in total. The molecule has 4 heteroatoms. The van der Waals surface area contributed by atoms with E-state index in [0.717, 1.165) is 23.2 Å². The van der Waals surface area contributed by atoms with Gasteiger partial charge >= 0.3 is 0 Å². The predicted octanol–water partition coefficient (Wildman–Crippen LogP) is 2.31. The van der Waals surface area contributed by atoms with Gasteiger partial charge in [-0.2, -0.15) is 0 Å². The van der Waals surface area contributed by atoms with Gasteiger partial charge in [0.25, 0.3) is 5.91 Å². The standard InChI is InChI=1S/C17H24N2O2/c1-5-14-12-13(8-7-11-18)9-10-15(14)19-16(20)17(3,6-2)21-4/h9-10,12H,5-6,11,18H2,1-4H3,(H,19,20). The average Bonchev–Trinajstić information content (AvgIpc) is 2.52. The van der Waals surface area contributed by atoms with Gasteiger partial charge in [-0.3, -0.25) is 4.79 Å². The minimum atomic E-state index is -0.816. The number of ether oxygens (including phenoxy) is 1. The Balaban J connectivity index is 3.01. The van der Waals surface area contributed by atoms with Crippen molar-refractivity contribution in [3.05, 3.63) is 29.3 Å². The minimum Gasteiger partial charge on any atom is -0.369 e. The zero-order valence-corrected chi connectivity index (χ0v) is 13.2. The normalized spacial score (nSPS) is 13.0. The fourth-order valence-electron chi connectivity index (χ4n) is 1.89. The van der Waals surface area contributed by atoms with E-state index >= 15 is 0 Å². The van der Waals surface area contributed by atoms with Crippen molar-refractivity contribution in [1.82, 2.24) is 0 Å². The maximum absolute atomic E-state index is 12.3. The van der Waals surface area contributed by atoms with Crippen molar-refractivity contribution in [2.75, 3.05) is 19.0 Å². The summed E-state index contributed by atoms with van der Waals surface area (Å²) >= 11 is 0. The number of hydrogen-bond donors (Lipinski definition) is 2. The van der Waals surface area contributed by atoms with Crippen molar-refractivity contribution >= 4 is 11.6 Å². The van der Waals surface area contributed by atoms with Crippen LogP contribution in [-0.2, 0) is 16.0 Å². The lowest BCUT2D eigenvalue weighted by atomic mass is 10.0. The number of methoxy groups -OCH3 is 1. The number of hydrogen-bond acceptors (Lipinski definition) is 3. The van der Waals surface area contributed by atoms with E-state index in [9.17, 15) is 4.79 Å². The quantitative estimate of drug-likeness (QED) is 0.817. The molecule has 1 aromatic rings. The lowest BCUT2D eigenvalue weighted by Crippen LogP contribution is -2.41. The number of amides is 1. The zero-order chi connectivity index (χ0) is 15.9. The molecule has 0 aliphatic heterocycles. The molecule has 0 heterocycles. The van der Waals surface area contributed by atoms with Crippen LogP contribution in [0.1, 0.15) is 38.3 Å². The summed E-state index contributed by atoms with van der Waals surface area (Å²) in [6.45, 7) is 6.09. The Morgan fingerprint density at radius 2 is 2.14 bits per heavy atom. The van der Waals surface area contributed by atoms with Gasteiger partial charge in [-0.1, -0.05) is 25.7 Å². The molecule has 0 bridgehead atoms. The summed E-state index contributed by atoms with van der Waals surface area (Å²) in [5.74, 6) is 5.69. The number of carbonyl (C=O) groups excluding carboxylic acids is 1. The highest BCUT2D eigenvalue weighted by atomic mass is 16.5. The molecular weight excluding hydrogens is 264 g/mol. The number of anilines is 1. The smallest absolute Gasteiger partial charge is 0.256 e. The molecule has 0 radical (unpaired) electrons. The molecule has 1 aromatic carbocycles. The second-order valence-electron chi connectivity index (χ2n) is 4.97. The fourth-order valence-corrected chi connectivity index (χ4v) is 1.89. The third kappa shape index (κ3) is 4.32. The maximum atomic E-state index is 12.3. The number of nitrogens with one attached hydrogen (secondary N) is 1. The van der Waals surface area contributed by atoms with Gasteiger partial charge in [0.2, 0.25) is 0 Å². The lowest BCUT2D eigenvalue weighted by Gasteiger charge is -2.25.